The fraction of sp³-hybridized carbons (Fsp3) is 0.500. The van der Waals surface area contributed by atoms with Crippen molar-refractivity contribution in [2.45, 2.75) is 18.6 Å². The minimum Gasteiger partial charge on any atom is -0.388 e. The summed E-state index contributed by atoms with van der Waals surface area (Å²) in [4.78, 5) is 0. The van der Waals surface area contributed by atoms with Crippen LogP contribution < -0.4 is 0 Å². The number of hydrogen-bond acceptors (Lipinski definition) is 3. The van der Waals surface area contributed by atoms with Crippen LogP contribution in [0.5, 0.6) is 0 Å². The van der Waals surface area contributed by atoms with Crippen molar-refractivity contribution in [2.75, 3.05) is 19.8 Å². The van der Waals surface area contributed by atoms with Crippen molar-refractivity contribution in [2.24, 2.45) is 0 Å². The van der Waals surface area contributed by atoms with Crippen LogP contribution in [-0.2, 0) is 9.47 Å². The first-order chi connectivity index (χ1) is 7.26. The average Bonchev–Trinajstić information content (AvgIpc) is 2.24. The van der Waals surface area contributed by atoms with Gasteiger partial charge in [-0.25, -0.2) is 0 Å². The first-order valence-electron chi connectivity index (χ1n) is 4.96. The Kier molecular flexibility index (Phi) is 9.07. The lowest BCUT2D eigenvalue weighted by Crippen LogP contribution is -2.32. The maximum Gasteiger partial charge on any atom is 0.104 e. The van der Waals surface area contributed by atoms with Gasteiger partial charge in [-0.05, 0) is 6.42 Å². The zero-order valence-corrected chi connectivity index (χ0v) is 9.10. The van der Waals surface area contributed by atoms with Gasteiger partial charge in [-0.15, -0.1) is 19.7 Å². The number of aliphatic hydroxyl groups excluding tert-OH is 1. The number of hydrogen-bond donors (Lipinski definition) is 1. The van der Waals surface area contributed by atoms with Crippen LogP contribution in [0.1, 0.15) is 6.42 Å². The van der Waals surface area contributed by atoms with E-state index in [0.29, 0.717) is 19.6 Å². The number of ether oxygens (including phenoxy) is 2. The second-order valence-corrected chi connectivity index (χ2v) is 3.08. The highest BCUT2D eigenvalue weighted by molar-refractivity contribution is 4.80. The van der Waals surface area contributed by atoms with Crippen LogP contribution in [0.15, 0.2) is 38.0 Å². The summed E-state index contributed by atoms with van der Waals surface area (Å²) in [5, 5.41) is 9.73. The van der Waals surface area contributed by atoms with Gasteiger partial charge in [0.1, 0.15) is 6.10 Å². The van der Waals surface area contributed by atoms with Crippen molar-refractivity contribution in [3.63, 3.8) is 0 Å². The van der Waals surface area contributed by atoms with Crippen molar-refractivity contribution in [3.8, 4) is 0 Å². The third kappa shape index (κ3) is 7.08. The SMILES string of the molecule is C=CCOCC(O)C(CC=C)OCC=C. The van der Waals surface area contributed by atoms with E-state index in [9.17, 15) is 5.11 Å². The summed E-state index contributed by atoms with van der Waals surface area (Å²) in [7, 11) is 0. The van der Waals surface area contributed by atoms with Crippen LogP contribution in [0.3, 0.4) is 0 Å². The first-order valence-corrected chi connectivity index (χ1v) is 4.96. The maximum atomic E-state index is 9.73. The molecule has 0 aromatic heterocycles. The molecule has 0 radical (unpaired) electrons. The Hall–Kier alpha value is -0.900. The Morgan fingerprint density at radius 1 is 1.07 bits per heavy atom. The standard InChI is InChI=1S/C12H20O3/c1-4-7-12(15-9-6-3)11(13)10-14-8-5-2/h4-6,11-13H,1-3,7-10H2. The molecule has 0 saturated heterocycles. The van der Waals surface area contributed by atoms with Crippen molar-refractivity contribution >= 4 is 0 Å². The van der Waals surface area contributed by atoms with Crippen molar-refractivity contribution in [3.05, 3.63) is 38.0 Å². The van der Waals surface area contributed by atoms with Gasteiger partial charge >= 0.3 is 0 Å². The van der Waals surface area contributed by atoms with Crippen LogP contribution in [-0.4, -0.2) is 37.1 Å². The van der Waals surface area contributed by atoms with Crippen molar-refractivity contribution in [1.82, 2.24) is 0 Å². The maximum absolute atomic E-state index is 9.73. The molecule has 0 bridgehead atoms. The summed E-state index contributed by atoms with van der Waals surface area (Å²) in [6.07, 6.45) is 4.65. The molecular formula is C12H20O3. The van der Waals surface area contributed by atoms with Gasteiger partial charge in [0.15, 0.2) is 0 Å². The quantitative estimate of drug-likeness (QED) is 0.442. The third-order valence-electron chi connectivity index (χ3n) is 1.78. The summed E-state index contributed by atoms with van der Waals surface area (Å²) in [5.41, 5.74) is 0. The highest BCUT2D eigenvalue weighted by Crippen LogP contribution is 2.06. The van der Waals surface area contributed by atoms with E-state index in [4.69, 9.17) is 9.47 Å². The van der Waals surface area contributed by atoms with Gasteiger partial charge in [0.2, 0.25) is 0 Å². The molecule has 2 unspecified atom stereocenters. The molecule has 0 amide bonds. The average molecular weight is 212 g/mol. The Morgan fingerprint density at radius 3 is 2.27 bits per heavy atom. The summed E-state index contributed by atoms with van der Waals surface area (Å²) >= 11 is 0. The van der Waals surface area contributed by atoms with Gasteiger partial charge in [-0.1, -0.05) is 18.2 Å². The first kappa shape index (κ1) is 14.1. The Morgan fingerprint density at radius 2 is 1.73 bits per heavy atom. The van der Waals surface area contributed by atoms with Crippen molar-refractivity contribution in [1.29, 1.82) is 0 Å². The lowest BCUT2D eigenvalue weighted by atomic mass is 10.1. The molecule has 15 heavy (non-hydrogen) atoms. The number of aliphatic hydroxyl groups is 1. The molecule has 0 saturated carbocycles. The minimum atomic E-state index is -0.650. The normalized spacial score (nSPS) is 14.2. The molecule has 0 aliphatic rings. The molecule has 0 heterocycles. The molecular weight excluding hydrogens is 192 g/mol. The predicted octanol–water partition coefficient (Wildman–Crippen LogP) is 1.70. The largest absolute Gasteiger partial charge is 0.388 e. The minimum absolute atomic E-state index is 0.238. The highest BCUT2D eigenvalue weighted by atomic mass is 16.5. The summed E-state index contributed by atoms with van der Waals surface area (Å²) in [5.74, 6) is 0. The van der Waals surface area contributed by atoms with Gasteiger partial charge in [0.25, 0.3) is 0 Å². The van der Waals surface area contributed by atoms with E-state index in [0.717, 1.165) is 0 Å². The van der Waals surface area contributed by atoms with Crippen LogP contribution >= 0.6 is 0 Å². The molecule has 2 atom stereocenters. The van der Waals surface area contributed by atoms with E-state index < -0.39 is 6.10 Å². The lowest BCUT2D eigenvalue weighted by Gasteiger charge is -2.21. The van der Waals surface area contributed by atoms with E-state index in [-0.39, 0.29) is 12.7 Å². The topological polar surface area (TPSA) is 38.7 Å². The predicted molar refractivity (Wildman–Crippen MR) is 61.8 cm³/mol. The molecule has 86 valence electrons. The molecule has 1 N–H and O–H groups in total. The van der Waals surface area contributed by atoms with Gasteiger partial charge in [0.05, 0.1) is 25.9 Å². The van der Waals surface area contributed by atoms with Crippen LogP contribution in [0.4, 0.5) is 0 Å². The lowest BCUT2D eigenvalue weighted by molar-refractivity contribution is -0.0596. The Bertz CT molecular complexity index is 189. The Balaban J connectivity index is 3.90. The summed E-state index contributed by atoms with van der Waals surface area (Å²) < 4.78 is 10.5. The van der Waals surface area contributed by atoms with E-state index >= 15 is 0 Å². The Labute approximate surface area is 91.7 Å². The fourth-order valence-corrected chi connectivity index (χ4v) is 1.07. The van der Waals surface area contributed by atoms with Gasteiger partial charge in [-0.3, -0.25) is 0 Å². The molecule has 0 aliphatic heterocycles. The monoisotopic (exact) mass is 212 g/mol. The molecule has 0 fully saturated rings. The van der Waals surface area contributed by atoms with E-state index in [1.165, 1.54) is 0 Å². The zero-order valence-electron chi connectivity index (χ0n) is 9.10. The van der Waals surface area contributed by atoms with Crippen LogP contribution in [0, 0.1) is 0 Å². The third-order valence-corrected chi connectivity index (χ3v) is 1.78. The van der Waals surface area contributed by atoms with Crippen molar-refractivity contribution < 1.29 is 14.6 Å². The summed E-state index contributed by atoms with van der Waals surface area (Å²) in [6.45, 7) is 11.8. The van der Waals surface area contributed by atoms with Gasteiger partial charge < -0.3 is 14.6 Å². The molecule has 0 aliphatic carbocycles. The molecule has 3 heteroatoms. The number of rotatable bonds is 10. The van der Waals surface area contributed by atoms with Gasteiger partial charge in [0, 0.05) is 0 Å². The van der Waals surface area contributed by atoms with E-state index in [1.54, 1.807) is 18.2 Å². The molecule has 0 aromatic carbocycles. The summed E-state index contributed by atoms with van der Waals surface area (Å²) in [6, 6.07) is 0. The second kappa shape index (κ2) is 9.65. The molecule has 3 nitrogen and oxygen atoms in total. The fourth-order valence-electron chi connectivity index (χ4n) is 1.07. The second-order valence-electron chi connectivity index (χ2n) is 3.08. The molecule has 0 spiro atoms. The van der Waals surface area contributed by atoms with E-state index in [1.807, 2.05) is 0 Å². The smallest absolute Gasteiger partial charge is 0.104 e. The zero-order chi connectivity index (χ0) is 11.5. The molecule has 0 rings (SSSR count). The van der Waals surface area contributed by atoms with Gasteiger partial charge in [-0.2, -0.15) is 0 Å². The van der Waals surface area contributed by atoms with Crippen LogP contribution in [0.25, 0.3) is 0 Å². The van der Waals surface area contributed by atoms with E-state index in [2.05, 4.69) is 19.7 Å². The highest BCUT2D eigenvalue weighted by Gasteiger charge is 2.17. The van der Waals surface area contributed by atoms with Crippen LogP contribution in [0.2, 0.25) is 0 Å². The molecule has 0 aromatic rings.